The molecule has 0 saturated carbocycles. The quantitative estimate of drug-likeness (QED) is 0.581. The predicted octanol–water partition coefficient (Wildman–Crippen LogP) is 1.29. The number of aromatic nitrogens is 4. The molecule has 156 valence electrons. The van der Waals surface area contributed by atoms with E-state index >= 15 is 0 Å². The van der Waals surface area contributed by atoms with Gasteiger partial charge in [0.05, 0.1) is 11.9 Å². The second-order valence-corrected chi connectivity index (χ2v) is 6.97. The fourth-order valence-corrected chi connectivity index (χ4v) is 3.31. The summed E-state index contributed by atoms with van der Waals surface area (Å²) < 4.78 is 15.7. The van der Waals surface area contributed by atoms with E-state index in [1.165, 1.54) is 34.0 Å². The zero-order valence-corrected chi connectivity index (χ0v) is 16.2. The molecule has 0 bridgehead atoms. The Morgan fingerprint density at radius 3 is 2.97 bits per heavy atom. The summed E-state index contributed by atoms with van der Waals surface area (Å²) in [5.41, 5.74) is 0.611. The van der Waals surface area contributed by atoms with E-state index in [1.807, 2.05) is 0 Å². The highest BCUT2D eigenvalue weighted by Crippen LogP contribution is 2.25. The number of aromatic amines is 1. The Balaban J connectivity index is 1.44. The number of amides is 3. The van der Waals surface area contributed by atoms with Crippen molar-refractivity contribution >= 4 is 34.3 Å². The van der Waals surface area contributed by atoms with Crippen molar-refractivity contribution in [2.75, 3.05) is 23.3 Å². The number of benzene rings is 1. The number of hydrogen-bond donors (Lipinski definition) is 3. The number of urea groups is 1. The van der Waals surface area contributed by atoms with Crippen LogP contribution in [0.2, 0.25) is 0 Å². The van der Waals surface area contributed by atoms with E-state index in [0.717, 1.165) is 0 Å². The monoisotopic (exact) mass is 413 g/mol. The molecule has 1 aliphatic heterocycles. The number of nitrogens with one attached hydrogen (secondary N) is 3. The molecule has 30 heavy (non-hydrogen) atoms. The average Bonchev–Trinajstić information content (AvgIpc) is 3.10. The Morgan fingerprint density at radius 2 is 2.17 bits per heavy atom. The summed E-state index contributed by atoms with van der Waals surface area (Å²) in [6, 6.07) is 3.70. The first-order chi connectivity index (χ1) is 14.4. The summed E-state index contributed by atoms with van der Waals surface area (Å²) in [4.78, 5) is 44.7. The second kappa shape index (κ2) is 7.93. The molecule has 1 aromatic carbocycles. The zero-order valence-electron chi connectivity index (χ0n) is 16.2. The molecular weight excluding hydrogens is 393 g/mol. The Hall–Kier alpha value is -3.76. The molecule has 3 amide bonds. The van der Waals surface area contributed by atoms with Crippen LogP contribution in [0, 0.1) is 5.82 Å². The predicted molar refractivity (Wildman–Crippen MR) is 108 cm³/mol. The molecule has 0 unspecified atom stereocenters. The molecular formula is C19H20FN7O3. The minimum absolute atomic E-state index is 0.0587. The van der Waals surface area contributed by atoms with Gasteiger partial charge in [-0.15, -0.1) is 0 Å². The number of carbonyl (C=O) groups excluding carboxylic acids is 2. The van der Waals surface area contributed by atoms with Crippen molar-refractivity contribution < 1.29 is 14.0 Å². The third-order valence-electron chi connectivity index (χ3n) is 4.84. The number of halogens is 1. The summed E-state index contributed by atoms with van der Waals surface area (Å²) in [6.07, 6.45) is 2.41. The number of H-pyrrole nitrogens is 1. The number of carbonyl (C=O) groups is 2. The van der Waals surface area contributed by atoms with Gasteiger partial charge in [-0.1, -0.05) is 0 Å². The molecule has 11 heteroatoms. The average molecular weight is 413 g/mol. The molecule has 3 N–H and O–H groups in total. The number of aryl methyl sites for hydroxylation is 2. The second-order valence-electron chi connectivity index (χ2n) is 6.97. The van der Waals surface area contributed by atoms with Crippen LogP contribution < -0.4 is 21.1 Å². The first kappa shape index (κ1) is 19.6. The van der Waals surface area contributed by atoms with Crippen molar-refractivity contribution in [2.45, 2.75) is 19.3 Å². The molecule has 2 aromatic heterocycles. The highest BCUT2D eigenvalue weighted by atomic mass is 19.1. The normalized spacial score (nSPS) is 14.1. The van der Waals surface area contributed by atoms with Gasteiger partial charge in [0, 0.05) is 38.7 Å². The van der Waals surface area contributed by atoms with Gasteiger partial charge in [-0.25, -0.2) is 14.2 Å². The van der Waals surface area contributed by atoms with Crippen LogP contribution in [-0.4, -0.2) is 44.8 Å². The number of fused-ring (bicyclic) bond motifs is 1. The van der Waals surface area contributed by atoms with Crippen molar-refractivity contribution in [3.63, 3.8) is 0 Å². The summed E-state index contributed by atoms with van der Waals surface area (Å²) in [7, 11) is 1.68. The van der Waals surface area contributed by atoms with Crippen LogP contribution in [0.25, 0.3) is 11.0 Å². The Labute approximate surface area is 170 Å². The van der Waals surface area contributed by atoms with Gasteiger partial charge in [0.1, 0.15) is 17.0 Å². The molecule has 1 fully saturated rings. The SMILES string of the molecule is Cn1ncc2c(=O)[nH]c(CCC(=O)Nc3ccc(F)c(N4CCCNC4=O)c3)nc21. The molecule has 0 radical (unpaired) electrons. The van der Waals surface area contributed by atoms with E-state index in [9.17, 15) is 18.8 Å². The third-order valence-corrected chi connectivity index (χ3v) is 4.84. The van der Waals surface area contributed by atoms with Crippen molar-refractivity contribution in [1.29, 1.82) is 0 Å². The smallest absolute Gasteiger partial charge is 0.321 e. The lowest BCUT2D eigenvalue weighted by Gasteiger charge is -2.28. The molecule has 0 aliphatic carbocycles. The maximum absolute atomic E-state index is 14.2. The van der Waals surface area contributed by atoms with Crippen molar-refractivity contribution in [3.8, 4) is 0 Å². The molecule has 10 nitrogen and oxygen atoms in total. The third kappa shape index (κ3) is 3.86. The summed E-state index contributed by atoms with van der Waals surface area (Å²) >= 11 is 0. The van der Waals surface area contributed by atoms with Gasteiger partial charge in [-0.05, 0) is 24.6 Å². The summed E-state index contributed by atoms with van der Waals surface area (Å²) in [5, 5.41) is 9.74. The van der Waals surface area contributed by atoms with Gasteiger partial charge in [-0.2, -0.15) is 5.10 Å². The van der Waals surface area contributed by atoms with E-state index in [4.69, 9.17) is 0 Å². The zero-order chi connectivity index (χ0) is 21.3. The first-order valence-electron chi connectivity index (χ1n) is 9.48. The van der Waals surface area contributed by atoms with Crippen molar-refractivity contribution in [3.05, 3.63) is 46.4 Å². The van der Waals surface area contributed by atoms with Crippen LogP contribution in [0.4, 0.5) is 20.6 Å². The largest absolute Gasteiger partial charge is 0.338 e. The molecule has 3 heterocycles. The van der Waals surface area contributed by atoms with Crippen LogP contribution in [0.15, 0.2) is 29.2 Å². The van der Waals surface area contributed by atoms with Gasteiger partial charge >= 0.3 is 6.03 Å². The number of anilines is 2. The van der Waals surface area contributed by atoms with Gasteiger partial charge in [0.15, 0.2) is 5.65 Å². The fourth-order valence-electron chi connectivity index (χ4n) is 3.31. The maximum atomic E-state index is 14.2. The Kier molecular flexibility index (Phi) is 5.17. The van der Waals surface area contributed by atoms with Crippen LogP contribution in [0.3, 0.4) is 0 Å². The minimum atomic E-state index is -0.545. The maximum Gasteiger partial charge on any atom is 0.321 e. The minimum Gasteiger partial charge on any atom is -0.338 e. The summed E-state index contributed by atoms with van der Waals surface area (Å²) in [5.74, 6) is -0.504. The van der Waals surface area contributed by atoms with Crippen LogP contribution in [-0.2, 0) is 18.3 Å². The molecule has 0 spiro atoms. The lowest BCUT2D eigenvalue weighted by molar-refractivity contribution is -0.116. The van der Waals surface area contributed by atoms with E-state index in [-0.39, 0.29) is 36.0 Å². The molecule has 0 atom stereocenters. The standard InChI is InChI=1S/C19H20FN7O3/c1-26-17-12(10-22-26)18(29)25-15(24-17)5-6-16(28)23-11-3-4-13(20)14(9-11)27-8-2-7-21-19(27)30/h3-4,9-10H,2,5-8H2,1H3,(H,21,30)(H,23,28)(H,24,25,29). The van der Waals surface area contributed by atoms with E-state index in [0.29, 0.717) is 42.1 Å². The van der Waals surface area contributed by atoms with E-state index in [1.54, 1.807) is 7.05 Å². The van der Waals surface area contributed by atoms with E-state index < -0.39 is 5.82 Å². The molecule has 1 aliphatic rings. The first-order valence-corrected chi connectivity index (χ1v) is 9.48. The molecule has 4 rings (SSSR count). The van der Waals surface area contributed by atoms with Gasteiger partial charge < -0.3 is 15.6 Å². The Bertz CT molecular complexity index is 1190. The highest BCUT2D eigenvalue weighted by Gasteiger charge is 2.22. The van der Waals surface area contributed by atoms with Gasteiger partial charge in [0.2, 0.25) is 5.91 Å². The Morgan fingerprint density at radius 1 is 1.33 bits per heavy atom. The van der Waals surface area contributed by atoms with Crippen molar-refractivity contribution in [1.82, 2.24) is 25.1 Å². The summed E-state index contributed by atoms with van der Waals surface area (Å²) in [6.45, 7) is 0.948. The van der Waals surface area contributed by atoms with Crippen LogP contribution in [0.5, 0.6) is 0 Å². The van der Waals surface area contributed by atoms with E-state index in [2.05, 4.69) is 25.7 Å². The van der Waals surface area contributed by atoms with Crippen LogP contribution in [0.1, 0.15) is 18.7 Å². The topological polar surface area (TPSA) is 125 Å². The number of rotatable bonds is 5. The number of nitrogens with zero attached hydrogens (tertiary/aromatic N) is 4. The fraction of sp³-hybridized carbons (Fsp3) is 0.316. The molecule has 3 aromatic rings. The molecule has 1 saturated heterocycles. The number of hydrogen-bond acceptors (Lipinski definition) is 5. The highest BCUT2D eigenvalue weighted by molar-refractivity contribution is 5.95. The lowest BCUT2D eigenvalue weighted by atomic mass is 10.2. The van der Waals surface area contributed by atoms with Gasteiger partial charge in [-0.3, -0.25) is 19.2 Å². The van der Waals surface area contributed by atoms with Crippen molar-refractivity contribution in [2.24, 2.45) is 7.05 Å². The lowest BCUT2D eigenvalue weighted by Crippen LogP contribution is -2.46. The van der Waals surface area contributed by atoms with Crippen LogP contribution >= 0.6 is 0 Å². The van der Waals surface area contributed by atoms with Gasteiger partial charge in [0.25, 0.3) is 5.56 Å².